The summed E-state index contributed by atoms with van der Waals surface area (Å²) in [5, 5.41) is 5.18. The van der Waals surface area contributed by atoms with Crippen LogP contribution in [0.5, 0.6) is 5.75 Å². The fourth-order valence-corrected chi connectivity index (χ4v) is 1.87. The fourth-order valence-electron chi connectivity index (χ4n) is 1.13. The van der Waals surface area contributed by atoms with Crippen molar-refractivity contribution in [1.29, 1.82) is 0 Å². The molecule has 1 aliphatic rings. The predicted octanol–water partition coefficient (Wildman–Crippen LogP) is 2.38. The van der Waals surface area contributed by atoms with E-state index < -0.39 is 6.30 Å². The van der Waals surface area contributed by atoms with Gasteiger partial charge in [-0.05, 0) is 18.7 Å². The van der Waals surface area contributed by atoms with Crippen LogP contribution in [-0.2, 0) is 6.54 Å². The molecule has 0 saturated carbocycles. The number of rotatable bonds is 2. The maximum absolute atomic E-state index is 13.0. The molecule has 1 aliphatic heterocycles. The summed E-state index contributed by atoms with van der Waals surface area (Å²) in [6.07, 6.45) is -0.879. The van der Waals surface area contributed by atoms with Crippen molar-refractivity contribution in [2.75, 3.05) is 0 Å². The van der Waals surface area contributed by atoms with Crippen molar-refractivity contribution in [2.45, 2.75) is 19.3 Å². The number of alkyl halides is 1. The Hall–Kier alpha value is -0.610. The molecule has 0 bridgehead atoms. The first-order valence-electron chi connectivity index (χ1n) is 3.74. The van der Waals surface area contributed by atoms with Crippen molar-refractivity contribution in [3.8, 4) is 5.75 Å². The molecule has 1 radical (unpaired) electrons. The number of halogens is 1. The third-order valence-electron chi connectivity index (χ3n) is 1.79. The normalized spacial score (nSPS) is 18.8. The molecular weight excluding hydrogens is 177 g/mol. The minimum atomic E-state index is -1.10. The van der Waals surface area contributed by atoms with Gasteiger partial charge in [0, 0.05) is 10.9 Å². The van der Waals surface area contributed by atoms with Gasteiger partial charge in [-0.3, -0.25) is 0 Å². The highest BCUT2D eigenvalue weighted by atomic mass is 32.1. The van der Waals surface area contributed by atoms with Gasteiger partial charge in [0.1, 0.15) is 0 Å². The summed E-state index contributed by atoms with van der Waals surface area (Å²) in [4.78, 5) is 5.23. The highest BCUT2D eigenvalue weighted by Gasteiger charge is 2.27. The van der Waals surface area contributed by atoms with Gasteiger partial charge < -0.3 is 4.84 Å². The van der Waals surface area contributed by atoms with E-state index in [0.717, 1.165) is 11.3 Å². The van der Waals surface area contributed by atoms with E-state index in [9.17, 15) is 4.39 Å². The Kier molecular flexibility index (Phi) is 2.02. The van der Waals surface area contributed by atoms with E-state index in [4.69, 9.17) is 4.84 Å². The maximum atomic E-state index is 13.0. The summed E-state index contributed by atoms with van der Waals surface area (Å²) < 4.78 is 13.0. The van der Waals surface area contributed by atoms with Gasteiger partial charge in [0.25, 0.3) is 0 Å². The van der Waals surface area contributed by atoms with Gasteiger partial charge in [-0.25, -0.2) is 4.39 Å². The summed E-state index contributed by atoms with van der Waals surface area (Å²) in [7, 11) is 0. The molecule has 2 heterocycles. The predicted molar refractivity (Wildman–Crippen MR) is 45.4 cm³/mol. The molecule has 0 N–H and O–H groups in total. The van der Waals surface area contributed by atoms with Crippen molar-refractivity contribution in [1.82, 2.24) is 5.06 Å². The molecular formula is C8H9FNOS. The second kappa shape index (κ2) is 3.03. The van der Waals surface area contributed by atoms with Gasteiger partial charge in [-0.15, -0.1) is 16.4 Å². The van der Waals surface area contributed by atoms with Crippen molar-refractivity contribution < 1.29 is 9.23 Å². The summed E-state index contributed by atoms with van der Waals surface area (Å²) in [5.41, 5.74) is 1.07. The molecule has 1 aromatic heterocycles. The second-order valence-electron chi connectivity index (χ2n) is 2.65. The molecule has 0 aromatic carbocycles. The Morgan fingerprint density at radius 1 is 1.75 bits per heavy atom. The Morgan fingerprint density at radius 2 is 2.58 bits per heavy atom. The fraction of sp³-hybridized carbons (Fsp3) is 0.375. The first-order chi connectivity index (χ1) is 5.81. The summed E-state index contributed by atoms with van der Waals surface area (Å²) in [6.45, 7) is 4.02. The largest absolute Gasteiger partial charge is 0.402 e. The molecule has 2 nitrogen and oxygen atoms in total. The van der Waals surface area contributed by atoms with Crippen LogP contribution in [0.2, 0.25) is 0 Å². The molecule has 1 unspecified atom stereocenters. The van der Waals surface area contributed by atoms with Crippen molar-refractivity contribution in [2.24, 2.45) is 0 Å². The van der Waals surface area contributed by atoms with Crippen LogP contribution in [-0.4, -0.2) is 11.4 Å². The lowest BCUT2D eigenvalue weighted by molar-refractivity contribution is -0.127. The van der Waals surface area contributed by atoms with Gasteiger partial charge >= 0.3 is 0 Å². The Labute approximate surface area is 74.5 Å². The molecule has 2 rings (SSSR count). The van der Waals surface area contributed by atoms with E-state index in [1.54, 1.807) is 11.3 Å². The molecule has 1 aromatic rings. The first-order valence-corrected chi connectivity index (χ1v) is 4.68. The van der Waals surface area contributed by atoms with Crippen LogP contribution in [0, 0.1) is 6.92 Å². The zero-order valence-electron chi connectivity index (χ0n) is 6.50. The van der Waals surface area contributed by atoms with E-state index >= 15 is 0 Å². The Balaban J connectivity index is 2.07. The molecule has 12 heavy (non-hydrogen) atoms. The van der Waals surface area contributed by atoms with Crippen LogP contribution in [0.25, 0.3) is 0 Å². The molecule has 0 fully saturated rings. The smallest absolute Gasteiger partial charge is 0.185 e. The number of hydrogen-bond acceptors (Lipinski definition) is 3. The van der Waals surface area contributed by atoms with Gasteiger partial charge in [-0.2, -0.15) is 0 Å². The first kappa shape index (κ1) is 8.01. The second-order valence-corrected chi connectivity index (χ2v) is 3.39. The summed E-state index contributed by atoms with van der Waals surface area (Å²) in [5.74, 6) is 0.788. The third-order valence-corrected chi connectivity index (χ3v) is 2.57. The Bertz CT molecular complexity index is 255. The summed E-state index contributed by atoms with van der Waals surface area (Å²) >= 11 is 1.57. The SMILES string of the molecule is [CH2]CC(F)N1Cc2cscc2O1. The average Bonchev–Trinajstić information content (AvgIpc) is 2.60. The van der Waals surface area contributed by atoms with Gasteiger partial charge in [0.2, 0.25) is 0 Å². The minimum Gasteiger partial charge on any atom is -0.402 e. The molecule has 4 heteroatoms. The molecule has 0 amide bonds. The molecule has 65 valence electrons. The van der Waals surface area contributed by atoms with Crippen LogP contribution >= 0.6 is 11.3 Å². The maximum Gasteiger partial charge on any atom is 0.185 e. The van der Waals surface area contributed by atoms with Crippen molar-refractivity contribution >= 4 is 11.3 Å². The zero-order chi connectivity index (χ0) is 8.55. The standard InChI is InChI=1S/C8H9FNOS/c1-2-8(9)10-3-6-4-12-5-7(6)11-10/h4-5,8H,1-3H2. The van der Waals surface area contributed by atoms with E-state index in [0.29, 0.717) is 6.54 Å². The average molecular weight is 186 g/mol. The van der Waals surface area contributed by atoms with Gasteiger partial charge in [0.15, 0.2) is 12.0 Å². The summed E-state index contributed by atoms with van der Waals surface area (Å²) in [6, 6.07) is 0. The van der Waals surface area contributed by atoms with E-state index in [1.165, 1.54) is 5.06 Å². The van der Waals surface area contributed by atoms with E-state index in [2.05, 4.69) is 6.92 Å². The van der Waals surface area contributed by atoms with Crippen LogP contribution < -0.4 is 4.84 Å². The number of hydrogen-bond donors (Lipinski definition) is 0. The minimum absolute atomic E-state index is 0.216. The molecule has 0 saturated heterocycles. The van der Waals surface area contributed by atoms with Gasteiger partial charge in [0.05, 0.1) is 6.54 Å². The number of hydroxylamine groups is 2. The van der Waals surface area contributed by atoms with Crippen LogP contribution in [0.1, 0.15) is 12.0 Å². The van der Waals surface area contributed by atoms with Crippen LogP contribution in [0.3, 0.4) is 0 Å². The zero-order valence-corrected chi connectivity index (χ0v) is 7.31. The third kappa shape index (κ3) is 1.21. The lowest BCUT2D eigenvalue weighted by Crippen LogP contribution is -2.29. The molecule has 0 aliphatic carbocycles. The highest BCUT2D eigenvalue weighted by molar-refractivity contribution is 7.08. The highest BCUT2D eigenvalue weighted by Crippen LogP contribution is 2.32. The molecule has 0 spiro atoms. The molecule has 1 atom stereocenters. The lowest BCUT2D eigenvalue weighted by atomic mass is 10.3. The lowest BCUT2D eigenvalue weighted by Gasteiger charge is -2.17. The Morgan fingerprint density at radius 3 is 3.25 bits per heavy atom. The van der Waals surface area contributed by atoms with E-state index in [1.807, 2.05) is 10.8 Å². The number of fused-ring (bicyclic) bond motifs is 1. The topological polar surface area (TPSA) is 12.5 Å². The van der Waals surface area contributed by atoms with E-state index in [-0.39, 0.29) is 6.42 Å². The monoisotopic (exact) mass is 186 g/mol. The quantitative estimate of drug-likeness (QED) is 0.657. The number of nitrogens with zero attached hydrogens (tertiary/aromatic N) is 1. The number of thiophene rings is 1. The van der Waals surface area contributed by atoms with Gasteiger partial charge in [-0.1, -0.05) is 0 Å². The van der Waals surface area contributed by atoms with Crippen LogP contribution in [0.15, 0.2) is 10.8 Å². The van der Waals surface area contributed by atoms with Crippen molar-refractivity contribution in [3.63, 3.8) is 0 Å². The van der Waals surface area contributed by atoms with Crippen LogP contribution in [0.4, 0.5) is 4.39 Å². The van der Waals surface area contributed by atoms with Crippen molar-refractivity contribution in [3.05, 3.63) is 23.2 Å².